The van der Waals surface area contributed by atoms with Crippen LogP contribution in [0.5, 0.6) is 0 Å². The van der Waals surface area contributed by atoms with Gasteiger partial charge in [-0.15, -0.1) is 0 Å². The molecule has 0 N–H and O–H groups in total. The summed E-state index contributed by atoms with van der Waals surface area (Å²) >= 11 is 0. The first kappa shape index (κ1) is 8.24. The number of hydrogen-bond acceptors (Lipinski definition) is 2. The first-order valence-electron chi connectivity index (χ1n) is 3.69. The third-order valence-electron chi connectivity index (χ3n) is 2.09. The summed E-state index contributed by atoms with van der Waals surface area (Å²) < 4.78 is 10.5. The number of ether oxygens (including phenoxy) is 1. The molecule has 10 heavy (non-hydrogen) atoms. The summed E-state index contributed by atoms with van der Waals surface area (Å²) in [7, 11) is 0.616. The van der Waals surface area contributed by atoms with Crippen molar-refractivity contribution in [2.75, 3.05) is 19.8 Å². The SMILES string of the molecule is CCC1(CO[Si]C)COC1. The van der Waals surface area contributed by atoms with Crippen LogP contribution in [-0.2, 0) is 9.16 Å². The third-order valence-corrected chi connectivity index (χ3v) is 2.52. The predicted molar refractivity (Wildman–Crippen MR) is 41.1 cm³/mol. The van der Waals surface area contributed by atoms with Crippen LogP contribution in [0.2, 0.25) is 6.55 Å². The zero-order valence-corrected chi connectivity index (χ0v) is 7.64. The maximum absolute atomic E-state index is 5.38. The van der Waals surface area contributed by atoms with Crippen LogP contribution in [0, 0.1) is 5.41 Å². The lowest BCUT2D eigenvalue weighted by atomic mass is 9.84. The Balaban J connectivity index is 2.20. The molecular formula is C7H14O2Si. The quantitative estimate of drug-likeness (QED) is 0.570. The lowest BCUT2D eigenvalue weighted by molar-refractivity contribution is -0.133. The van der Waals surface area contributed by atoms with Gasteiger partial charge in [0.1, 0.15) is 0 Å². The highest BCUT2D eigenvalue weighted by Gasteiger charge is 2.36. The van der Waals surface area contributed by atoms with E-state index < -0.39 is 0 Å². The van der Waals surface area contributed by atoms with Gasteiger partial charge in [0.15, 0.2) is 0 Å². The van der Waals surface area contributed by atoms with Crippen molar-refractivity contribution in [3.63, 3.8) is 0 Å². The molecule has 1 heterocycles. The second-order valence-corrected chi connectivity index (χ2v) is 3.54. The Kier molecular flexibility index (Phi) is 2.89. The summed E-state index contributed by atoms with van der Waals surface area (Å²) in [4.78, 5) is 0. The molecule has 0 aliphatic carbocycles. The normalized spacial score (nSPS) is 22.2. The molecule has 0 bridgehead atoms. The van der Waals surface area contributed by atoms with Gasteiger partial charge in [-0.3, -0.25) is 0 Å². The molecule has 2 radical (unpaired) electrons. The van der Waals surface area contributed by atoms with Crippen LogP contribution >= 0.6 is 0 Å². The van der Waals surface area contributed by atoms with E-state index in [2.05, 4.69) is 13.5 Å². The summed E-state index contributed by atoms with van der Waals surface area (Å²) in [5.41, 5.74) is 0.378. The van der Waals surface area contributed by atoms with Crippen molar-refractivity contribution >= 4 is 9.76 Å². The molecule has 2 nitrogen and oxygen atoms in total. The van der Waals surface area contributed by atoms with E-state index in [1.165, 1.54) is 6.42 Å². The van der Waals surface area contributed by atoms with Gasteiger partial charge in [-0.25, -0.2) is 0 Å². The molecule has 1 aliphatic heterocycles. The zero-order chi connectivity index (χ0) is 7.45. The Labute approximate surface area is 64.8 Å². The van der Waals surface area contributed by atoms with Gasteiger partial charge in [0.25, 0.3) is 0 Å². The van der Waals surface area contributed by atoms with E-state index in [1.54, 1.807) is 0 Å². The highest BCUT2D eigenvalue weighted by Crippen LogP contribution is 2.30. The molecule has 0 unspecified atom stereocenters. The minimum absolute atomic E-state index is 0.378. The second kappa shape index (κ2) is 3.51. The van der Waals surface area contributed by atoms with Crippen molar-refractivity contribution in [2.24, 2.45) is 5.41 Å². The van der Waals surface area contributed by atoms with Crippen molar-refractivity contribution in [3.05, 3.63) is 0 Å². The van der Waals surface area contributed by atoms with Crippen LogP contribution in [0.1, 0.15) is 13.3 Å². The van der Waals surface area contributed by atoms with Crippen LogP contribution in [0.3, 0.4) is 0 Å². The summed E-state index contributed by atoms with van der Waals surface area (Å²) in [5.74, 6) is 0. The van der Waals surface area contributed by atoms with Gasteiger partial charge in [0.2, 0.25) is 9.76 Å². The molecule has 0 spiro atoms. The Morgan fingerprint density at radius 2 is 2.30 bits per heavy atom. The van der Waals surface area contributed by atoms with E-state index in [0.717, 1.165) is 19.8 Å². The van der Waals surface area contributed by atoms with Crippen LogP contribution in [0.25, 0.3) is 0 Å². The Bertz CT molecular complexity index is 96.3. The highest BCUT2D eigenvalue weighted by atomic mass is 28.2. The van der Waals surface area contributed by atoms with Crippen LogP contribution in [-0.4, -0.2) is 29.6 Å². The summed E-state index contributed by atoms with van der Waals surface area (Å²) in [6.45, 7) is 6.94. The van der Waals surface area contributed by atoms with Crippen molar-refractivity contribution in [1.29, 1.82) is 0 Å². The smallest absolute Gasteiger partial charge is 0.226 e. The molecule has 1 rings (SSSR count). The number of hydrogen-bond donors (Lipinski definition) is 0. The standard InChI is InChI=1S/C7H14O2Si/c1-3-7(4-8-5-7)6-9-10-2/h3-6H2,1-2H3. The van der Waals surface area contributed by atoms with E-state index in [0.29, 0.717) is 15.2 Å². The first-order valence-corrected chi connectivity index (χ1v) is 5.10. The first-order chi connectivity index (χ1) is 4.83. The molecule has 1 fully saturated rings. The average molecular weight is 158 g/mol. The van der Waals surface area contributed by atoms with Gasteiger partial charge >= 0.3 is 0 Å². The van der Waals surface area contributed by atoms with Crippen molar-refractivity contribution in [2.45, 2.75) is 19.9 Å². The molecule has 1 aliphatic rings. The van der Waals surface area contributed by atoms with Crippen LogP contribution in [0.15, 0.2) is 0 Å². The lowest BCUT2D eigenvalue weighted by Gasteiger charge is -2.40. The van der Waals surface area contributed by atoms with Gasteiger partial charge < -0.3 is 9.16 Å². The van der Waals surface area contributed by atoms with E-state index in [4.69, 9.17) is 9.16 Å². The lowest BCUT2D eigenvalue weighted by Crippen LogP contribution is -2.45. The van der Waals surface area contributed by atoms with Crippen molar-refractivity contribution in [3.8, 4) is 0 Å². The third kappa shape index (κ3) is 1.59. The molecule has 0 saturated carbocycles. The molecule has 1 saturated heterocycles. The maximum atomic E-state index is 5.38. The van der Waals surface area contributed by atoms with E-state index in [-0.39, 0.29) is 0 Å². The Morgan fingerprint density at radius 3 is 2.60 bits per heavy atom. The topological polar surface area (TPSA) is 18.5 Å². The van der Waals surface area contributed by atoms with E-state index in [1.807, 2.05) is 0 Å². The van der Waals surface area contributed by atoms with Crippen molar-refractivity contribution < 1.29 is 9.16 Å². The maximum Gasteiger partial charge on any atom is 0.226 e. The summed E-state index contributed by atoms with van der Waals surface area (Å²) in [5, 5.41) is 0. The van der Waals surface area contributed by atoms with E-state index in [9.17, 15) is 0 Å². The largest absolute Gasteiger partial charge is 0.417 e. The second-order valence-electron chi connectivity index (χ2n) is 2.84. The molecular weight excluding hydrogens is 144 g/mol. The number of rotatable bonds is 4. The molecule has 0 aromatic carbocycles. The van der Waals surface area contributed by atoms with Crippen LogP contribution in [0.4, 0.5) is 0 Å². The molecule has 3 heteroatoms. The zero-order valence-electron chi connectivity index (χ0n) is 6.64. The monoisotopic (exact) mass is 158 g/mol. The molecule has 0 amide bonds. The minimum atomic E-state index is 0.378. The highest BCUT2D eigenvalue weighted by molar-refractivity contribution is 6.24. The van der Waals surface area contributed by atoms with Gasteiger partial charge in [0.05, 0.1) is 13.2 Å². The molecule has 58 valence electrons. The van der Waals surface area contributed by atoms with Gasteiger partial charge in [0, 0.05) is 12.0 Å². The van der Waals surface area contributed by atoms with Gasteiger partial charge in [-0.2, -0.15) is 0 Å². The fraction of sp³-hybridized carbons (Fsp3) is 1.00. The molecule has 0 aromatic heterocycles. The van der Waals surface area contributed by atoms with Crippen LogP contribution < -0.4 is 0 Å². The van der Waals surface area contributed by atoms with Crippen molar-refractivity contribution in [1.82, 2.24) is 0 Å². The predicted octanol–water partition coefficient (Wildman–Crippen LogP) is 1.10. The van der Waals surface area contributed by atoms with Gasteiger partial charge in [-0.05, 0) is 13.0 Å². The summed E-state index contributed by atoms with van der Waals surface area (Å²) in [6, 6.07) is 0. The Morgan fingerprint density at radius 1 is 1.60 bits per heavy atom. The Hall–Kier alpha value is 0.137. The molecule has 0 aromatic rings. The van der Waals surface area contributed by atoms with E-state index >= 15 is 0 Å². The fourth-order valence-corrected chi connectivity index (χ4v) is 1.46. The average Bonchev–Trinajstić information content (AvgIpc) is 1.87. The summed E-state index contributed by atoms with van der Waals surface area (Å²) in [6.07, 6.45) is 1.18. The molecule has 0 atom stereocenters. The minimum Gasteiger partial charge on any atom is -0.417 e. The fourth-order valence-electron chi connectivity index (χ4n) is 1.01. The van der Waals surface area contributed by atoms with Gasteiger partial charge in [-0.1, -0.05) is 6.92 Å².